The van der Waals surface area contributed by atoms with E-state index in [1.54, 1.807) is 0 Å². The van der Waals surface area contributed by atoms with Crippen LogP contribution in [0.5, 0.6) is 0 Å². The highest BCUT2D eigenvalue weighted by atomic mass is 32.1. The zero-order valence-electron chi connectivity index (χ0n) is 16.9. The Balaban J connectivity index is 1.98. The Morgan fingerprint density at radius 2 is 2.06 bits per heavy atom. The van der Waals surface area contributed by atoms with Crippen LogP contribution in [0.2, 0.25) is 0 Å². The Morgan fingerprint density at radius 1 is 1.38 bits per heavy atom. The van der Waals surface area contributed by atoms with Gasteiger partial charge < -0.3 is 26.0 Å². The van der Waals surface area contributed by atoms with E-state index < -0.39 is 35.8 Å². The maximum absolute atomic E-state index is 12.5. The number of nitrogens with two attached hydrogens (primary N) is 1. The standard InChI is InChI=1S/C18H21F3N6O4S/c1-24-5-4-11(22)16(29)27-6-7-31-9-10(27)8-25-15(28)13-3-2-12(32-13)14(23)26-17(30)18(19,20)21/h2-5,10H,6-9,22H2,1H3,(H,25,28)(H2,23,26,30). The van der Waals surface area contributed by atoms with Crippen LogP contribution < -0.4 is 16.4 Å². The van der Waals surface area contributed by atoms with Gasteiger partial charge in [0.15, 0.2) is 0 Å². The van der Waals surface area contributed by atoms with E-state index >= 15 is 0 Å². The van der Waals surface area contributed by atoms with Gasteiger partial charge in [0.25, 0.3) is 11.8 Å². The second-order valence-electron chi connectivity index (χ2n) is 6.46. The van der Waals surface area contributed by atoms with Gasteiger partial charge >= 0.3 is 12.1 Å². The summed E-state index contributed by atoms with van der Waals surface area (Å²) in [5.41, 5.74) is 5.75. The van der Waals surface area contributed by atoms with Crippen molar-refractivity contribution in [1.82, 2.24) is 15.5 Å². The fourth-order valence-electron chi connectivity index (χ4n) is 2.62. The van der Waals surface area contributed by atoms with Gasteiger partial charge in [-0.3, -0.25) is 24.8 Å². The van der Waals surface area contributed by atoms with Crippen molar-refractivity contribution in [2.24, 2.45) is 10.7 Å². The van der Waals surface area contributed by atoms with Gasteiger partial charge in [-0.15, -0.1) is 11.3 Å². The lowest BCUT2D eigenvalue weighted by molar-refractivity contribution is -0.171. The quantitative estimate of drug-likeness (QED) is 0.265. The molecule has 5 N–H and O–H groups in total. The van der Waals surface area contributed by atoms with Crippen LogP contribution in [0.15, 0.2) is 28.9 Å². The Kier molecular flexibility index (Phi) is 8.48. The number of hydrogen-bond donors (Lipinski definition) is 4. The first-order chi connectivity index (χ1) is 15.0. The van der Waals surface area contributed by atoms with Crippen LogP contribution in [-0.4, -0.2) is 80.2 Å². The normalized spacial score (nSPS) is 17.3. The smallest absolute Gasteiger partial charge is 0.394 e. The van der Waals surface area contributed by atoms with E-state index in [1.165, 1.54) is 41.7 Å². The Bertz CT molecular complexity index is 943. The molecule has 14 heteroatoms. The van der Waals surface area contributed by atoms with Crippen LogP contribution in [0.3, 0.4) is 0 Å². The number of alkyl halides is 3. The second kappa shape index (κ2) is 10.9. The number of allylic oxidation sites excluding steroid dienone is 1. The number of carbonyl (C=O) groups is 3. The van der Waals surface area contributed by atoms with Gasteiger partial charge in [0.05, 0.1) is 34.7 Å². The van der Waals surface area contributed by atoms with Crippen molar-refractivity contribution in [3.05, 3.63) is 33.7 Å². The van der Waals surface area contributed by atoms with Crippen molar-refractivity contribution in [1.29, 1.82) is 5.41 Å². The van der Waals surface area contributed by atoms with Crippen LogP contribution >= 0.6 is 11.3 Å². The number of ether oxygens (including phenoxy) is 1. The van der Waals surface area contributed by atoms with E-state index in [-0.39, 0.29) is 35.1 Å². The SMILES string of the molecule is CN=CC=C(N)C(=O)N1CCOCC1CNC(=O)c1ccc(C(=N)NC(=O)C(F)(F)F)s1. The van der Waals surface area contributed by atoms with Gasteiger partial charge in [-0.1, -0.05) is 0 Å². The average molecular weight is 474 g/mol. The molecule has 2 rings (SSSR count). The maximum Gasteiger partial charge on any atom is 0.471 e. The van der Waals surface area contributed by atoms with Crippen molar-refractivity contribution in [2.75, 3.05) is 33.4 Å². The number of nitrogens with zero attached hydrogens (tertiary/aromatic N) is 2. The Labute approximate surface area is 184 Å². The highest BCUT2D eigenvalue weighted by Crippen LogP contribution is 2.19. The molecule has 32 heavy (non-hydrogen) atoms. The summed E-state index contributed by atoms with van der Waals surface area (Å²) in [6.07, 6.45) is -2.38. The molecule has 1 aromatic heterocycles. The monoisotopic (exact) mass is 474 g/mol. The molecule has 0 radical (unpaired) electrons. The summed E-state index contributed by atoms with van der Waals surface area (Å²) in [5, 5.41) is 11.6. The number of carbonyl (C=O) groups excluding carboxylic acids is 3. The molecule has 1 fully saturated rings. The number of amides is 3. The summed E-state index contributed by atoms with van der Waals surface area (Å²) in [4.78, 5) is 41.2. The van der Waals surface area contributed by atoms with Crippen LogP contribution in [0.4, 0.5) is 13.2 Å². The Morgan fingerprint density at radius 3 is 2.72 bits per heavy atom. The van der Waals surface area contributed by atoms with Crippen LogP contribution in [0.25, 0.3) is 0 Å². The first kappa shape index (κ1) is 25.0. The summed E-state index contributed by atoms with van der Waals surface area (Å²) in [7, 11) is 1.53. The molecule has 174 valence electrons. The molecular weight excluding hydrogens is 453 g/mol. The van der Waals surface area contributed by atoms with Crippen molar-refractivity contribution in [2.45, 2.75) is 12.2 Å². The van der Waals surface area contributed by atoms with E-state index in [1.807, 2.05) is 0 Å². The number of aliphatic imine (C=N–C) groups is 1. The molecule has 0 aliphatic carbocycles. The van der Waals surface area contributed by atoms with E-state index in [0.717, 1.165) is 11.3 Å². The molecule has 1 atom stereocenters. The summed E-state index contributed by atoms with van der Waals surface area (Å²) < 4.78 is 42.3. The van der Waals surface area contributed by atoms with E-state index in [9.17, 15) is 27.6 Å². The number of hydrogen-bond acceptors (Lipinski definition) is 8. The minimum Gasteiger partial charge on any atom is -0.394 e. The van der Waals surface area contributed by atoms with Gasteiger partial charge in [-0.25, -0.2) is 0 Å². The molecule has 0 bridgehead atoms. The minimum absolute atomic E-state index is 0.0175. The summed E-state index contributed by atoms with van der Waals surface area (Å²) >= 11 is 0.735. The number of thiophene rings is 1. The Hall–Kier alpha value is -3.26. The summed E-state index contributed by atoms with van der Waals surface area (Å²) in [5.74, 6) is -4.04. The number of nitrogens with one attached hydrogen (secondary N) is 3. The van der Waals surface area contributed by atoms with Gasteiger partial charge in [-0.2, -0.15) is 13.2 Å². The molecule has 1 saturated heterocycles. The molecule has 1 unspecified atom stereocenters. The summed E-state index contributed by atoms with van der Waals surface area (Å²) in [6, 6.07) is 2.07. The lowest BCUT2D eigenvalue weighted by Gasteiger charge is -2.35. The zero-order chi connectivity index (χ0) is 23.9. The van der Waals surface area contributed by atoms with E-state index in [0.29, 0.717) is 6.61 Å². The second-order valence-corrected chi connectivity index (χ2v) is 7.54. The molecule has 0 spiro atoms. The molecule has 0 saturated carbocycles. The third-order valence-corrected chi connectivity index (χ3v) is 5.31. The van der Waals surface area contributed by atoms with Crippen molar-refractivity contribution < 1.29 is 32.3 Å². The van der Waals surface area contributed by atoms with E-state index in [4.69, 9.17) is 15.9 Å². The van der Waals surface area contributed by atoms with Crippen molar-refractivity contribution in [3.63, 3.8) is 0 Å². The zero-order valence-corrected chi connectivity index (χ0v) is 17.7. The van der Waals surface area contributed by atoms with Crippen LogP contribution in [-0.2, 0) is 14.3 Å². The van der Waals surface area contributed by atoms with Gasteiger partial charge in [0.1, 0.15) is 5.84 Å². The van der Waals surface area contributed by atoms with Gasteiger partial charge in [-0.05, 0) is 18.2 Å². The highest BCUT2D eigenvalue weighted by Gasteiger charge is 2.39. The van der Waals surface area contributed by atoms with Crippen LogP contribution in [0, 0.1) is 5.41 Å². The molecule has 1 aromatic rings. The number of rotatable bonds is 6. The van der Waals surface area contributed by atoms with E-state index in [2.05, 4.69) is 10.3 Å². The minimum atomic E-state index is -5.13. The fraction of sp³-hybridized carbons (Fsp3) is 0.389. The molecule has 10 nitrogen and oxygen atoms in total. The molecule has 2 heterocycles. The third-order valence-electron chi connectivity index (χ3n) is 4.21. The average Bonchev–Trinajstić information content (AvgIpc) is 3.25. The highest BCUT2D eigenvalue weighted by molar-refractivity contribution is 7.16. The predicted molar refractivity (Wildman–Crippen MR) is 111 cm³/mol. The van der Waals surface area contributed by atoms with Crippen molar-refractivity contribution in [3.8, 4) is 0 Å². The molecule has 0 aromatic carbocycles. The van der Waals surface area contributed by atoms with Crippen LogP contribution in [0.1, 0.15) is 14.5 Å². The maximum atomic E-state index is 12.5. The summed E-state index contributed by atoms with van der Waals surface area (Å²) in [6.45, 7) is 0.794. The molecule has 1 aliphatic rings. The lowest BCUT2D eigenvalue weighted by atomic mass is 10.2. The third kappa shape index (κ3) is 6.62. The first-order valence-corrected chi connectivity index (χ1v) is 9.98. The van der Waals surface area contributed by atoms with Gasteiger partial charge in [0, 0.05) is 26.4 Å². The number of amidine groups is 1. The topological polar surface area (TPSA) is 150 Å². The molecule has 3 amide bonds. The van der Waals surface area contributed by atoms with Crippen molar-refractivity contribution >= 4 is 41.1 Å². The largest absolute Gasteiger partial charge is 0.471 e. The molecule has 1 aliphatic heterocycles. The number of halogens is 3. The fourth-order valence-corrected chi connectivity index (χ4v) is 3.45. The predicted octanol–water partition coefficient (Wildman–Crippen LogP) is 0.252. The lowest BCUT2D eigenvalue weighted by Crippen LogP contribution is -2.54. The number of morpholine rings is 1. The molecular formula is C18H21F3N6O4S. The first-order valence-electron chi connectivity index (χ1n) is 9.16. The van der Waals surface area contributed by atoms with Gasteiger partial charge in [0.2, 0.25) is 0 Å².